The Bertz CT molecular complexity index is 1630. The van der Waals surface area contributed by atoms with E-state index in [1.54, 1.807) is 0 Å². The van der Waals surface area contributed by atoms with Crippen LogP contribution in [0.25, 0.3) is 54.2 Å². The predicted molar refractivity (Wildman–Crippen MR) is 123 cm³/mol. The van der Waals surface area contributed by atoms with Crippen LogP contribution >= 0.6 is 8.35 Å². The van der Waals surface area contributed by atoms with Crippen LogP contribution in [0.5, 0.6) is 0 Å². The van der Waals surface area contributed by atoms with Crippen molar-refractivity contribution in [3.63, 3.8) is 0 Å². The monoisotopic (exact) mass is 387 g/mol. The van der Waals surface area contributed by atoms with Gasteiger partial charge in [-0.25, -0.2) is 0 Å². The number of hydrogen-bond donors (Lipinski definition) is 0. The maximum Gasteiger partial charge on any atom is 0.303 e. The molecular formula is C26H16N2P+. The zero-order valence-electron chi connectivity index (χ0n) is 15.6. The molecule has 29 heavy (non-hydrogen) atoms. The first-order valence-corrected chi connectivity index (χ1v) is 10.7. The Morgan fingerprint density at radius 2 is 1.07 bits per heavy atom. The highest BCUT2D eigenvalue weighted by molar-refractivity contribution is 7.32. The average molecular weight is 387 g/mol. The lowest BCUT2D eigenvalue weighted by Crippen LogP contribution is -2.22. The lowest BCUT2D eigenvalue weighted by atomic mass is 10.1. The molecule has 3 heteroatoms. The predicted octanol–water partition coefficient (Wildman–Crippen LogP) is 6.87. The number of hydrogen-bond acceptors (Lipinski definition) is 0. The van der Waals surface area contributed by atoms with Crippen LogP contribution in [0.15, 0.2) is 97.1 Å². The normalized spacial score (nSPS) is 12.4. The van der Waals surface area contributed by atoms with Crippen molar-refractivity contribution in [2.45, 2.75) is 0 Å². The highest BCUT2D eigenvalue weighted by Gasteiger charge is 2.24. The van der Waals surface area contributed by atoms with E-state index in [1.165, 1.54) is 62.6 Å². The molecule has 0 radical (unpaired) electrons. The highest BCUT2D eigenvalue weighted by Crippen LogP contribution is 2.36. The summed E-state index contributed by atoms with van der Waals surface area (Å²) in [7, 11) is 1.20. The maximum atomic E-state index is 2.48. The summed E-state index contributed by atoms with van der Waals surface area (Å²) in [4.78, 5) is 0. The van der Waals surface area contributed by atoms with Gasteiger partial charge in [0.15, 0.2) is 8.35 Å². The van der Waals surface area contributed by atoms with E-state index in [-0.39, 0.29) is 0 Å². The number of aromatic nitrogens is 2. The van der Waals surface area contributed by atoms with E-state index in [1.807, 2.05) is 0 Å². The summed E-state index contributed by atoms with van der Waals surface area (Å²) in [6, 6.07) is 35.1. The smallest absolute Gasteiger partial charge is 0.183 e. The second-order valence-electron chi connectivity index (χ2n) is 7.52. The third kappa shape index (κ3) is 1.92. The molecule has 0 aliphatic heterocycles. The van der Waals surface area contributed by atoms with Gasteiger partial charge in [0.05, 0.1) is 5.39 Å². The number of nitrogens with zero attached hydrogens (tertiary/aromatic N) is 2. The van der Waals surface area contributed by atoms with Crippen LogP contribution in [0.1, 0.15) is 0 Å². The van der Waals surface area contributed by atoms with E-state index in [0.717, 1.165) is 0 Å². The van der Waals surface area contributed by atoms with Crippen molar-refractivity contribution in [1.82, 2.24) is 4.16 Å². The molecule has 0 aliphatic carbocycles. The van der Waals surface area contributed by atoms with Gasteiger partial charge in [0.2, 0.25) is 5.25 Å². The van der Waals surface area contributed by atoms with E-state index >= 15 is 0 Å². The van der Waals surface area contributed by atoms with Gasteiger partial charge >= 0.3 is 5.65 Å². The van der Waals surface area contributed by atoms with Gasteiger partial charge in [-0.2, -0.15) is 8.56 Å². The Morgan fingerprint density at radius 1 is 0.517 bits per heavy atom. The largest absolute Gasteiger partial charge is 0.303 e. The summed E-state index contributed by atoms with van der Waals surface area (Å²) in [6.45, 7) is 0. The second-order valence-corrected chi connectivity index (χ2v) is 8.54. The molecule has 0 unspecified atom stereocenters. The number of pyridine rings is 2. The molecule has 0 saturated carbocycles. The summed E-state index contributed by atoms with van der Waals surface area (Å²) in [5.41, 5.74) is 3.80. The number of rotatable bonds is 0. The van der Waals surface area contributed by atoms with Crippen molar-refractivity contribution in [2.24, 2.45) is 0 Å². The van der Waals surface area contributed by atoms with Gasteiger partial charge in [-0.05, 0) is 29.7 Å². The molecule has 0 bridgehead atoms. The maximum absolute atomic E-state index is 2.48. The average Bonchev–Trinajstić information content (AvgIpc) is 3.21. The van der Waals surface area contributed by atoms with Crippen LogP contribution in [0, 0.1) is 0 Å². The second kappa shape index (κ2) is 5.53. The Labute approximate surface area is 168 Å². The fraction of sp³-hybridized carbons (Fsp3) is 0. The van der Waals surface area contributed by atoms with Crippen molar-refractivity contribution in [3.05, 3.63) is 97.1 Å². The molecule has 7 rings (SSSR count). The van der Waals surface area contributed by atoms with Gasteiger partial charge in [-0.15, -0.1) is 0 Å². The molecule has 0 fully saturated rings. The minimum atomic E-state index is 1.20. The SMILES string of the molecule is c1ccc2c(c1)c1ccccc1[n+]1c2pn2c3ccccc3c3ccccc3c21. The van der Waals surface area contributed by atoms with Crippen molar-refractivity contribution < 1.29 is 4.40 Å². The summed E-state index contributed by atoms with van der Waals surface area (Å²) in [5.74, 6) is 0. The summed E-state index contributed by atoms with van der Waals surface area (Å²) >= 11 is 0. The molecule has 2 nitrogen and oxygen atoms in total. The zero-order valence-corrected chi connectivity index (χ0v) is 16.5. The molecule has 0 atom stereocenters. The number of benzene rings is 4. The molecule has 3 heterocycles. The van der Waals surface area contributed by atoms with Gasteiger partial charge < -0.3 is 0 Å². The Kier molecular flexibility index (Phi) is 2.95. The van der Waals surface area contributed by atoms with Crippen LogP contribution in [-0.2, 0) is 0 Å². The molecule has 0 amide bonds. The van der Waals surface area contributed by atoms with Crippen LogP contribution in [-0.4, -0.2) is 4.16 Å². The van der Waals surface area contributed by atoms with Crippen molar-refractivity contribution in [1.29, 1.82) is 0 Å². The lowest BCUT2D eigenvalue weighted by Gasteiger charge is -2.05. The fourth-order valence-corrected chi connectivity index (χ4v) is 6.15. The molecule has 0 spiro atoms. The Morgan fingerprint density at radius 3 is 1.86 bits per heavy atom. The van der Waals surface area contributed by atoms with Gasteiger partial charge in [-0.3, -0.25) is 0 Å². The van der Waals surface area contributed by atoms with Crippen LogP contribution in [0.4, 0.5) is 0 Å². The van der Waals surface area contributed by atoms with Gasteiger partial charge in [0.1, 0.15) is 11.0 Å². The lowest BCUT2D eigenvalue weighted by molar-refractivity contribution is -0.447. The highest BCUT2D eigenvalue weighted by atomic mass is 31.0. The van der Waals surface area contributed by atoms with Gasteiger partial charge in [0.25, 0.3) is 0 Å². The summed E-state index contributed by atoms with van der Waals surface area (Å²) in [5, 5.41) is 9.19. The fourth-order valence-electron chi connectivity index (χ4n) is 4.80. The Balaban J connectivity index is 1.94. The topological polar surface area (TPSA) is 8.51 Å². The molecule has 134 valence electrons. The first-order valence-electron chi connectivity index (χ1n) is 9.85. The first kappa shape index (κ1) is 15.4. The van der Waals surface area contributed by atoms with Crippen molar-refractivity contribution >= 4 is 62.6 Å². The van der Waals surface area contributed by atoms with Crippen LogP contribution < -0.4 is 4.40 Å². The molecule has 3 aromatic heterocycles. The first-order chi connectivity index (χ1) is 14.4. The van der Waals surface area contributed by atoms with Crippen LogP contribution in [0.3, 0.4) is 0 Å². The summed E-state index contributed by atoms with van der Waals surface area (Å²) < 4.78 is 4.94. The van der Waals surface area contributed by atoms with Gasteiger partial charge in [-0.1, -0.05) is 72.8 Å². The standard InChI is InChI=1S/C26H16N2P/c1-3-13-21-17(9-1)20-12-6-8-16-24(20)28-25(21)27-23-15-7-5-11-19(23)18-10-2-4-14-22(18)26(27)29-28/h1-16H/q+1. The third-order valence-corrected chi connectivity index (χ3v) is 7.25. The van der Waals surface area contributed by atoms with E-state index in [9.17, 15) is 0 Å². The molecule has 0 N–H and O–H groups in total. The minimum absolute atomic E-state index is 1.20. The minimum Gasteiger partial charge on any atom is -0.183 e. The third-order valence-electron chi connectivity index (χ3n) is 6.01. The Hall–Kier alpha value is -3.48. The number of para-hydroxylation sites is 2. The molecule has 0 aliphatic rings. The molecule has 7 aromatic rings. The van der Waals surface area contributed by atoms with Crippen molar-refractivity contribution in [2.75, 3.05) is 0 Å². The van der Waals surface area contributed by atoms with E-state index in [0.29, 0.717) is 0 Å². The molecule has 0 saturated heterocycles. The van der Waals surface area contributed by atoms with E-state index in [4.69, 9.17) is 0 Å². The number of fused-ring (bicyclic) bond motifs is 13. The molecule has 4 aromatic carbocycles. The van der Waals surface area contributed by atoms with Gasteiger partial charge in [0, 0.05) is 21.5 Å². The zero-order chi connectivity index (χ0) is 18.9. The van der Waals surface area contributed by atoms with Crippen molar-refractivity contribution in [3.8, 4) is 0 Å². The molecular weight excluding hydrogens is 371 g/mol. The summed E-state index contributed by atoms with van der Waals surface area (Å²) in [6.07, 6.45) is 0. The van der Waals surface area contributed by atoms with E-state index < -0.39 is 0 Å². The van der Waals surface area contributed by atoms with Crippen LogP contribution in [0.2, 0.25) is 0 Å². The quantitative estimate of drug-likeness (QED) is 0.198. The van der Waals surface area contributed by atoms with E-state index in [2.05, 4.69) is 106 Å².